The lowest BCUT2D eigenvalue weighted by Crippen LogP contribution is -2.27. The highest BCUT2D eigenvalue weighted by atomic mass is 32.2. The number of rotatable bonds is 6. The highest BCUT2D eigenvalue weighted by Gasteiger charge is 2.29. The van der Waals surface area contributed by atoms with Crippen LogP contribution in [0.4, 0.5) is 11.4 Å². The molecule has 1 heterocycles. The second-order valence-electron chi connectivity index (χ2n) is 6.39. The zero-order chi connectivity index (χ0) is 18.7. The molecule has 0 amide bonds. The first-order valence-electron chi connectivity index (χ1n) is 8.46. The van der Waals surface area contributed by atoms with Gasteiger partial charge in [-0.15, -0.1) is 0 Å². The third-order valence-electron chi connectivity index (χ3n) is 4.47. The second-order valence-corrected chi connectivity index (χ2v) is 8.32. The van der Waals surface area contributed by atoms with Crippen LogP contribution in [0, 0.1) is 17.0 Å². The molecule has 0 radical (unpaired) electrons. The fraction of sp³-hybridized carbons (Fsp3) is 0.333. The third-order valence-corrected chi connectivity index (χ3v) is 6.37. The second kappa shape index (κ2) is 7.43. The molecule has 1 saturated heterocycles. The van der Waals surface area contributed by atoms with E-state index in [4.69, 9.17) is 0 Å². The fourth-order valence-corrected chi connectivity index (χ4v) is 4.49. The van der Waals surface area contributed by atoms with Gasteiger partial charge in [0.05, 0.1) is 9.82 Å². The summed E-state index contributed by atoms with van der Waals surface area (Å²) in [7, 11) is -3.68. The maximum absolute atomic E-state index is 12.6. The number of hydrogen-bond acceptors (Lipinski definition) is 5. The summed E-state index contributed by atoms with van der Waals surface area (Å²) in [6, 6.07) is 11.9. The third kappa shape index (κ3) is 3.86. The van der Waals surface area contributed by atoms with E-state index in [9.17, 15) is 18.5 Å². The number of hydrogen-bond donors (Lipinski definition) is 1. The lowest BCUT2D eigenvalue weighted by atomic mass is 10.1. The Labute approximate surface area is 152 Å². The van der Waals surface area contributed by atoms with Gasteiger partial charge in [0.15, 0.2) is 0 Å². The van der Waals surface area contributed by atoms with E-state index in [1.54, 1.807) is 0 Å². The Bertz CT molecular complexity index is 905. The van der Waals surface area contributed by atoms with Crippen molar-refractivity contribution in [2.45, 2.75) is 31.2 Å². The van der Waals surface area contributed by atoms with Gasteiger partial charge in [0, 0.05) is 25.7 Å². The van der Waals surface area contributed by atoms with E-state index in [0.29, 0.717) is 25.3 Å². The molecule has 0 bridgehead atoms. The zero-order valence-corrected chi connectivity index (χ0v) is 15.3. The first kappa shape index (κ1) is 18.3. The molecule has 0 spiro atoms. The summed E-state index contributed by atoms with van der Waals surface area (Å²) in [6.07, 6.45) is 1.63. The molecule has 8 heteroatoms. The Balaban J connectivity index is 1.85. The van der Waals surface area contributed by atoms with E-state index < -0.39 is 14.9 Å². The molecular weight excluding hydrogens is 354 g/mol. The van der Waals surface area contributed by atoms with Crippen LogP contribution in [0.2, 0.25) is 0 Å². The van der Waals surface area contributed by atoms with Gasteiger partial charge in [-0.05, 0) is 37.5 Å². The Hall–Kier alpha value is -2.45. The lowest BCUT2D eigenvalue weighted by molar-refractivity contribution is -0.384. The summed E-state index contributed by atoms with van der Waals surface area (Å²) in [5.74, 6) is 0. The highest BCUT2D eigenvalue weighted by molar-refractivity contribution is 7.89. The molecule has 0 aliphatic carbocycles. The van der Waals surface area contributed by atoms with E-state index in [2.05, 4.69) is 5.32 Å². The summed E-state index contributed by atoms with van der Waals surface area (Å²) >= 11 is 0. The SMILES string of the molecule is Cc1ccc(CNc2ccc(S(=O)(=O)N3CCCC3)cc2[N+](=O)[O-])cc1. The molecular formula is C18H21N3O4S. The number of nitro benzene ring substituents is 1. The van der Waals surface area contributed by atoms with Crippen molar-refractivity contribution in [2.24, 2.45) is 0 Å². The van der Waals surface area contributed by atoms with E-state index in [1.807, 2.05) is 31.2 Å². The molecule has 0 atom stereocenters. The largest absolute Gasteiger partial charge is 0.375 e. The van der Waals surface area contributed by atoms with Gasteiger partial charge in [0.2, 0.25) is 10.0 Å². The van der Waals surface area contributed by atoms with Crippen molar-refractivity contribution < 1.29 is 13.3 Å². The van der Waals surface area contributed by atoms with Crippen LogP contribution in [0.1, 0.15) is 24.0 Å². The monoisotopic (exact) mass is 375 g/mol. The average Bonchev–Trinajstić information content (AvgIpc) is 3.16. The number of nitro groups is 1. The molecule has 0 saturated carbocycles. The highest BCUT2D eigenvalue weighted by Crippen LogP contribution is 2.30. The molecule has 138 valence electrons. The Kier molecular flexibility index (Phi) is 5.24. The van der Waals surface area contributed by atoms with Gasteiger partial charge in [-0.2, -0.15) is 4.31 Å². The maximum Gasteiger partial charge on any atom is 0.293 e. The van der Waals surface area contributed by atoms with Crippen LogP contribution >= 0.6 is 0 Å². The number of nitrogens with one attached hydrogen (secondary N) is 1. The Morgan fingerprint density at radius 1 is 1.12 bits per heavy atom. The van der Waals surface area contributed by atoms with E-state index in [0.717, 1.165) is 30.0 Å². The van der Waals surface area contributed by atoms with Gasteiger partial charge in [-0.1, -0.05) is 29.8 Å². The summed E-state index contributed by atoms with van der Waals surface area (Å²) in [5.41, 5.74) is 2.18. The van der Waals surface area contributed by atoms with Crippen molar-refractivity contribution in [2.75, 3.05) is 18.4 Å². The normalized spacial score (nSPS) is 15.1. The minimum Gasteiger partial charge on any atom is -0.375 e. The predicted octanol–water partition coefficient (Wildman–Crippen LogP) is 3.30. The van der Waals surface area contributed by atoms with Crippen LogP contribution in [-0.2, 0) is 16.6 Å². The first-order chi connectivity index (χ1) is 12.4. The Morgan fingerprint density at radius 2 is 1.77 bits per heavy atom. The first-order valence-corrected chi connectivity index (χ1v) is 9.90. The molecule has 1 fully saturated rings. The van der Waals surface area contributed by atoms with Crippen molar-refractivity contribution >= 4 is 21.4 Å². The number of benzene rings is 2. The molecule has 1 aliphatic heterocycles. The van der Waals surface area contributed by atoms with Gasteiger partial charge in [0.1, 0.15) is 5.69 Å². The molecule has 2 aromatic carbocycles. The summed E-state index contributed by atoms with van der Waals surface area (Å²) in [6.45, 7) is 3.33. The van der Waals surface area contributed by atoms with E-state index in [1.165, 1.54) is 16.4 Å². The lowest BCUT2D eigenvalue weighted by Gasteiger charge is -2.16. The molecule has 26 heavy (non-hydrogen) atoms. The molecule has 2 aromatic rings. The van der Waals surface area contributed by atoms with Gasteiger partial charge in [-0.3, -0.25) is 10.1 Å². The summed E-state index contributed by atoms with van der Waals surface area (Å²) in [4.78, 5) is 10.8. The number of anilines is 1. The van der Waals surface area contributed by atoms with Gasteiger partial charge >= 0.3 is 0 Å². The quantitative estimate of drug-likeness (QED) is 0.618. The van der Waals surface area contributed by atoms with Crippen molar-refractivity contribution in [3.63, 3.8) is 0 Å². The van der Waals surface area contributed by atoms with Crippen molar-refractivity contribution in [3.05, 3.63) is 63.7 Å². The number of aryl methyl sites for hydroxylation is 1. The molecule has 0 aromatic heterocycles. The molecule has 0 unspecified atom stereocenters. The van der Waals surface area contributed by atoms with Crippen molar-refractivity contribution in [3.8, 4) is 0 Å². The Morgan fingerprint density at radius 3 is 2.38 bits per heavy atom. The predicted molar refractivity (Wildman–Crippen MR) is 99.6 cm³/mol. The standard InChI is InChI=1S/C18H21N3O4S/c1-14-4-6-15(7-5-14)13-19-17-9-8-16(12-18(17)21(22)23)26(24,25)20-10-2-3-11-20/h4-9,12,19H,2-3,10-11,13H2,1H3. The average molecular weight is 375 g/mol. The van der Waals surface area contributed by atoms with Crippen LogP contribution in [0.25, 0.3) is 0 Å². The van der Waals surface area contributed by atoms with Gasteiger partial charge in [-0.25, -0.2) is 8.42 Å². The van der Waals surface area contributed by atoms with Gasteiger partial charge in [0.25, 0.3) is 5.69 Å². The topological polar surface area (TPSA) is 92.6 Å². The summed E-state index contributed by atoms with van der Waals surface area (Å²) < 4.78 is 26.6. The van der Waals surface area contributed by atoms with Crippen LogP contribution in [0.5, 0.6) is 0 Å². The zero-order valence-electron chi connectivity index (χ0n) is 14.5. The molecule has 3 rings (SSSR count). The summed E-state index contributed by atoms with van der Waals surface area (Å²) in [5, 5.41) is 14.5. The molecule has 1 N–H and O–H groups in total. The molecule has 1 aliphatic rings. The van der Waals surface area contributed by atoms with Crippen LogP contribution in [-0.4, -0.2) is 30.7 Å². The minimum atomic E-state index is -3.68. The van der Waals surface area contributed by atoms with Crippen LogP contribution in [0.3, 0.4) is 0 Å². The smallest absolute Gasteiger partial charge is 0.293 e. The van der Waals surface area contributed by atoms with Crippen LogP contribution in [0.15, 0.2) is 47.4 Å². The van der Waals surface area contributed by atoms with E-state index >= 15 is 0 Å². The minimum absolute atomic E-state index is 0.0352. The van der Waals surface area contributed by atoms with Crippen molar-refractivity contribution in [1.29, 1.82) is 0 Å². The number of sulfonamides is 1. The van der Waals surface area contributed by atoms with Gasteiger partial charge < -0.3 is 5.32 Å². The number of nitrogens with zero attached hydrogens (tertiary/aromatic N) is 2. The maximum atomic E-state index is 12.6. The fourth-order valence-electron chi connectivity index (χ4n) is 2.95. The van der Waals surface area contributed by atoms with Crippen LogP contribution < -0.4 is 5.32 Å². The van der Waals surface area contributed by atoms with Crippen molar-refractivity contribution in [1.82, 2.24) is 4.31 Å². The molecule has 7 nitrogen and oxygen atoms in total. The van der Waals surface area contributed by atoms with E-state index in [-0.39, 0.29) is 10.6 Å².